The topological polar surface area (TPSA) is 49.3 Å². The normalized spacial score (nSPS) is 12.5. The Morgan fingerprint density at radius 1 is 1.19 bits per heavy atom. The summed E-state index contributed by atoms with van der Waals surface area (Å²) in [6, 6.07) is 13.7. The number of fused-ring (bicyclic) bond motifs is 1. The summed E-state index contributed by atoms with van der Waals surface area (Å²) in [6.45, 7) is 4.63. The molecule has 3 N–H and O–H groups in total. The maximum absolute atomic E-state index is 12.7. The summed E-state index contributed by atoms with van der Waals surface area (Å²) in [5.74, 6) is -0.0662. The van der Waals surface area contributed by atoms with Crippen molar-refractivity contribution in [2.24, 2.45) is 0 Å². The first-order valence-corrected chi connectivity index (χ1v) is 9.18. The highest BCUT2D eigenvalue weighted by Crippen LogP contribution is 2.23. The summed E-state index contributed by atoms with van der Waals surface area (Å²) in [4.78, 5) is 17.2. The number of carbonyl (C=O) groups is 1. The molecule has 0 saturated heterocycles. The van der Waals surface area contributed by atoms with Crippen LogP contribution in [0.4, 0.5) is 0 Å². The van der Waals surface area contributed by atoms with Gasteiger partial charge in [0.1, 0.15) is 6.04 Å². The van der Waals surface area contributed by atoms with Crippen molar-refractivity contribution in [3.05, 3.63) is 69.9 Å². The van der Waals surface area contributed by atoms with Crippen LogP contribution < -0.4 is 10.2 Å². The number of benzene rings is 2. The van der Waals surface area contributed by atoms with E-state index in [4.69, 9.17) is 11.6 Å². The molecule has 0 aliphatic heterocycles. The summed E-state index contributed by atoms with van der Waals surface area (Å²) in [7, 11) is 4.14. The van der Waals surface area contributed by atoms with Crippen molar-refractivity contribution in [3.63, 3.8) is 0 Å². The predicted molar refractivity (Wildman–Crippen MR) is 107 cm³/mol. The standard InChI is InChI=1S/C21H24ClN3O/c1-13-14(2)24-19-10-9-15(11-17(13)19)21(26)23-12-20(25(3)4)16-7-5-6-8-18(16)22/h5-11,20,24H,12H2,1-4H3,(H,23,26)/p+1/t20-/m1/s1. The highest BCUT2D eigenvalue weighted by molar-refractivity contribution is 6.31. The molecule has 0 fully saturated rings. The van der Waals surface area contributed by atoms with E-state index in [0.29, 0.717) is 12.1 Å². The van der Waals surface area contributed by atoms with Crippen LogP contribution >= 0.6 is 11.6 Å². The molecule has 0 spiro atoms. The van der Waals surface area contributed by atoms with Gasteiger partial charge in [-0.1, -0.05) is 29.8 Å². The van der Waals surface area contributed by atoms with Gasteiger partial charge in [-0.3, -0.25) is 4.79 Å². The first kappa shape index (κ1) is 18.5. The maximum atomic E-state index is 12.7. The molecule has 1 aromatic heterocycles. The number of aryl methyl sites for hydroxylation is 2. The molecule has 3 aromatic rings. The molecular formula is C21H25ClN3O+. The average Bonchev–Trinajstić information content (AvgIpc) is 2.90. The molecule has 0 radical (unpaired) electrons. The molecule has 0 aliphatic carbocycles. The van der Waals surface area contributed by atoms with Crippen LogP contribution in [0, 0.1) is 13.8 Å². The van der Waals surface area contributed by atoms with Gasteiger partial charge >= 0.3 is 0 Å². The number of likely N-dealkylation sites (N-methyl/N-ethyl adjacent to an activating group) is 1. The van der Waals surface area contributed by atoms with Crippen molar-refractivity contribution in [1.29, 1.82) is 0 Å². The second kappa shape index (κ2) is 7.52. The third-order valence-corrected chi connectivity index (χ3v) is 5.36. The zero-order chi connectivity index (χ0) is 18.8. The molecule has 0 aliphatic rings. The molecule has 1 amide bonds. The smallest absolute Gasteiger partial charge is 0.251 e. The number of H-pyrrole nitrogens is 1. The van der Waals surface area contributed by atoms with Crippen molar-refractivity contribution in [2.45, 2.75) is 19.9 Å². The maximum Gasteiger partial charge on any atom is 0.251 e. The van der Waals surface area contributed by atoms with Gasteiger partial charge in [-0.05, 0) is 43.7 Å². The molecule has 1 heterocycles. The van der Waals surface area contributed by atoms with Gasteiger partial charge in [-0.15, -0.1) is 0 Å². The van der Waals surface area contributed by atoms with Gasteiger partial charge in [0.05, 0.1) is 20.6 Å². The highest BCUT2D eigenvalue weighted by Gasteiger charge is 2.21. The van der Waals surface area contributed by atoms with E-state index in [9.17, 15) is 4.79 Å². The zero-order valence-electron chi connectivity index (χ0n) is 15.6. The minimum Gasteiger partial charge on any atom is -0.358 e. The lowest BCUT2D eigenvalue weighted by Crippen LogP contribution is -3.07. The van der Waals surface area contributed by atoms with E-state index in [0.717, 1.165) is 27.2 Å². The number of aromatic nitrogens is 1. The molecule has 136 valence electrons. The van der Waals surface area contributed by atoms with Crippen LogP contribution in [-0.2, 0) is 0 Å². The van der Waals surface area contributed by atoms with E-state index in [2.05, 4.69) is 31.3 Å². The molecular weight excluding hydrogens is 346 g/mol. The fourth-order valence-electron chi connectivity index (χ4n) is 3.28. The third kappa shape index (κ3) is 3.62. The number of carbonyl (C=O) groups excluding carboxylic acids is 1. The monoisotopic (exact) mass is 370 g/mol. The second-order valence-electron chi connectivity index (χ2n) is 7.00. The Hall–Kier alpha value is -2.30. The van der Waals surface area contributed by atoms with Crippen molar-refractivity contribution < 1.29 is 9.69 Å². The lowest BCUT2D eigenvalue weighted by atomic mass is 10.1. The van der Waals surface area contributed by atoms with Crippen molar-refractivity contribution in [2.75, 3.05) is 20.6 Å². The van der Waals surface area contributed by atoms with Gasteiger partial charge in [0.2, 0.25) is 0 Å². The third-order valence-electron chi connectivity index (χ3n) is 5.01. The van der Waals surface area contributed by atoms with Crippen LogP contribution in [0.1, 0.15) is 33.2 Å². The fraction of sp³-hybridized carbons (Fsp3) is 0.286. The number of amides is 1. The number of quaternary nitrogens is 1. The molecule has 0 bridgehead atoms. The molecule has 5 heteroatoms. The van der Waals surface area contributed by atoms with E-state index < -0.39 is 0 Å². The van der Waals surface area contributed by atoms with E-state index in [1.54, 1.807) is 0 Å². The summed E-state index contributed by atoms with van der Waals surface area (Å²) in [5, 5.41) is 4.89. The Morgan fingerprint density at radius 3 is 2.62 bits per heavy atom. The van der Waals surface area contributed by atoms with Crippen molar-refractivity contribution >= 4 is 28.4 Å². The number of aromatic amines is 1. The SMILES string of the molecule is Cc1[nH]c2ccc(C(=O)NC[C@H](c3ccccc3Cl)[NH+](C)C)cc2c1C. The number of halogens is 1. The average molecular weight is 371 g/mol. The van der Waals surface area contributed by atoms with Gasteiger partial charge in [0, 0.05) is 32.7 Å². The quantitative estimate of drug-likeness (QED) is 0.635. The number of hydrogen-bond acceptors (Lipinski definition) is 1. The molecule has 4 nitrogen and oxygen atoms in total. The largest absolute Gasteiger partial charge is 0.358 e. The fourth-order valence-corrected chi connectivity index (χ4v) is 3.55. The van der Waals surface area contributed by atoms with Gasteiger partial charge in [-0.25, -0.2) is 0 Å². The van der Waals surface area contributed by atoms with Gasteiger partial charge in [-0.2, -0.15) is 0 Å². The van der Waals surface area contributed by atoms with Crippen molar-refractivity contribution in [3.8, 4) is 0 Å². The van der Waals surface area contributed by atoms with Crippen LogP contribution in [0.2, 0.25) is 5.02 Å². The minimum atomic E-state index is -0.0662. The van der Waals surface area contributed by atoms with Crippen LogP contribution in [0.5, 0.6) is 0 Å². The van der Waals surface area contributed by atoms with E-state index in [1.807, 2.05) is 49.4 Å². The molecule has 3 rings (SSSR count). The van der Waals surface area contributed by atoms with Crippen LogP contribution in [0.25, 0.3) is 10.9 Å². The van der Waals surface area contributed by atoms with Crippen molar-refractivity contribution in [1.82, 2.24) is 10.3 Å². The van der Waals surface area contributed by atoms with Gasteiger partial charge < -0.3 is 15.2 Å². The van der Waals surface area contributed by atoms with E-state index >= 15 is 0 Å². The number of rotatable bonds is 5. The van der Waals surface area contributed by atoms with Crippen LogP contribution in [0.15, 0.2) is 42.5 Å². The second-order valence-corrected chi connectivity index (χ2v) is 7.40. The molecule has 0 saturated carbocycles. The predicted octanol–water partition coefficient (Wildman–Crippen LogP) is 3.05. The summed E-state index contributed by atoms with van der Waals surface area (Å²) in [5.41, 5.74) is 5.09. The Morgan fingerprint density at radius 2 is 1.92 bits per heavy atom. The minimum absolute atomic E-state index is 0.0662. The molecule has 26 heavy (non-hydrogen) atoms. The van der Waals surface area contributed by atoms with Crippen LogP contribution in [-0.4, -0.2) is 31.5 Å². The summed E-state index contributed by atoms with van der Waals surface area (Å²) < 4.78 is 0. The number of hydrogen-bond donors (Lipinski definition) is 3. The Kier molecular flexibility index (Phi) is 5.35. The van der Waals surface area contributed by atoms with E-state index in [-0.39, 0.29) is 11.9 Å². The van der Waals surface area contributed by atoms with E-state index in [1.165, 1.54) is 10.5 Å². The lowest BCUT2D eigenvalue weighted by molar-refractivity contribution is -0.890. The highest BCUT2D eigenvalue weighted by atomic mass is 35.5. The summed E-state index contributed by atoms with van der Waals surface area (Å²) >= 11 is 6.35. The first-order valence-electron chi connectivity index (χ1n) is 8.80. The Bertz CT molecular complexity index is 946. The van der Waals surface area contributed by atoms with Gasteiger partial charge in [0.15, 0.2) is 0 Å². The van der Waals surface area contributed by atoms with Crippen LogP contribution in [0.3, 0.4) is 0 Å². The Balaban J connectivity index is 1.79. The molecule has 0 unspecified atom stereocenters. The van der Waals surface area contributed by atoms with Gasteiger partial charge in [0.25, 0.3) is 5.91 Å². The first-order chi connectivity index (χ1) is 12.4. The summed E-state index contributed by atoms with van der Waals surface area (Å²) in [6.07, 6.45) is 0. The molecule has 2 aromatic carbocycles. The zero-order valence-corrected chi connectivity index (χ0v) is 16.4. The lowest BCUT2D eigenvalue weighted by Gasteiger charge is -2.23. The Labute approximate surface area is 159 Å². The molecule has 1 atom stereocenters. The number of nitrogens with one attached hydrogen (secondary N) is 3.